The third kappa shape index (κ3) is 3.89. The van der Waals surface area contributed by atoms with Crippen molar-refractivity contribution in [2.45, 2.75) is 19.6 Å². The van der Waals surface area contributed by atoms with Crippen LogP contribution in [0.2, 0.25) is 0 Å². The second-order valence-electron chi connectivity index (χ2n) is 3.58. The summed E-state index contributed by atoms with van der Waals surface area (Å²) in [7, 11) is 1.19. The van der Waals surface area contributed by atoms with E-state index in [0.29, 0.717) is 5.56 Å². The second kappa shape index (κ2) is 6.66. The fraction of sp³-hybridized carbons (Fsp3) is 0.333. The van der Waals surface area contributed by atoms with E-state index in [9.17, 15) is 13.6 Å². The highest BCUT2D eigenvalue weighted by molar-refractivity contribution is 5.74. The van der Waals surface area contributed by atoms with Gasteiger partial charge in [0.05, 0.1) is 19.1 Å². The minimum Gasteiger partial charge on any atom is -0.469 e. The van der Waals surface area contributed by atoms with E-state index < -0.39 is 12.6 Å². The fourth-order valence-electron chi connectivity index (χ4n) is 1.54. The van der Waals surface area contributed by atoms with Crippen molar-refractivity contribution in [3.8, 4) is 11.8 Å². The van der Waals surface area contributed by atoms with Crippen LogP contribution in [0, 0.1) is 11.3 Å². The van der Waals surface area contributed by atoms with Crippen molar-refractivity contribution in [2.24, 2.45) is 5.73 Å². The third-order valence-electron chi connectivity index (χ3n) is 2.37. The lowest BCUT2D eigenvalue weighted by atomic mass is 10.0. The molecule has 0 spiro atoms. The smallest absolute Gasteiger partial charge is 0.387 e. The van der Waals surface area contributed by atoms with Crippen LogP contribution >= 0.6 is 0 Å². The third-order valence-corrected chi connectivity index (χ3v) is 2.37. The molecule has 2 N–H and O–H groups in total. The maximum atomic E-state index is 12.3. The van der Waals surface area contributed by atoms with Crippen LogP contribution in [-0.4, -0.2) is 19.7 Å². The minimum atomic E-state index is -3.06. The Morgan fingerprint density at radius 2 is 2.21 bits per heavy atom. The number of nitrogens with two attached hydrogens (primary N) is 1. The number of nitriles is 1. The number of hydrogen-bond donors (Lipinski definition) is 1. The van der Waals surface area contributed by atoms with Crippen molar-refractivity contribution in [3.63, 3.8) is 0 Å². The van der Waals surface area contributed by atoms with Crippen LogP contribution in [0.3, 0.4) is 0 Å². The molecule has 0 saturated carbocycles. The molecule has 0 atom stereocenters. The van der Waals surface area contributed by atoms with Crippen molar-refractivity contribution in [2.75, 3.05) is 7.11 Å². The average molecular weight is 270 g/mol. The van der Waals surface area contributed by atoms with Gasteiger partial charge in [0.15, 0.2) is 0 Å². The normalized spacial score (nSPS) is 10.1. The first-order valence-electron chi connectivity index (χ1n) is 5.29. The summed E-state index contributed by atoms with van der Waals surface area (Å²) in [5, 5.41) is 9.00. The summed E-state index contributed by atoms with van der Waals surface area (Å²) in [5.41, 5.74) is 6.03. The molecule has 102 valence electrons. The lowest BCUT2D eigenvalue weighted by Gasteiger charge is -2.12. The number of ether oxygens (including phenoxy) is 2. The highest BCUT2D eigenvalue weighted by atomic mass is 19.3. The lowest BCUT2D eigenvalue weighted by Crippen LogP contribution is -2.11. The molecule has 0 aliphatic rings. The molecule has 0 saturated heterocycles. The molecule has 0 bridgehead atoms. The molecule has 1 aromatic carbocycles. The predicted molar refractivity (Wildman–Crippen MR) is 61.4 cm³/mol. The van der Waals surface area contributed by atoms with E-state index in [1.165, 1.54) is 19.2 Å². The van der Waals surface area contributed by atoms with Gasteiger partial charge in [-0.2, -0.15) is 14.0 Å². The van der Waals surface area contributed by atoms with E-state index in [-0.39, 0.29) is 29.8 Å². The van der Waals surface area contributed by atoms with Crippen LogP contribution < -0.4 is 10.5 Å². The molecule has 0 heterocycles. The summed E-state index contributed by atoms with van der Waals surface area (Å²) in [6.45, 7) is -2.99. The molecule has 0 fully saturated rings. The van der Waals surface area contributed by atoms with Gasteiger partial charge in [0.1, 0.15) is 11.8 Å². The highest BCUT2D eigenvalue weighted by Gasteiger charge is 2.17. The standard InChI is InChI=1S/C12H12F2N2O3/c1-18-11(17)4-8-2-7(5-15)3-10(9(8)6-16)19-12(13)14/h2-3,12H,4-5,15H2,1H3. The van der Waals surface area contributed by atoms with Gasteiger partial charge in [0.25, 0.3) is 0 Å². The van der Waals surface area contributed by atoms with Gasteiger partial charge in [-0.1, -0.05) is 6.07 Å². The molecule has 0 radical (unpaired) electrons. The van der Waals surface area contributed by atoms with Gasteiger partial charge in [0.2, 0.25) is 0 Å². The molecule has 5 nitrogen and oxygen atoms in total. The second-order valence-corrected chi connectivity index (χ2v) is 3.58. The number of benzene rings is 1. The molecule has 0 amide bonds. The Balaban J connectivity index is 3.27. The Bertz CT molecular complexity index is 512. The summed E-state index contributed by atoms with van der Waals surface area (Å²) in [4.78, 5) is 11.2. The maximum absolute atomic E-state index is 12.3. The van der Waals surface area contributed by atoms with Gasteiger partial charge in [-0.05, 0) is 17.2 Å². The average Bonchev–Trinajstić information content (AvgIpc) is 2.37. The quantitative estimate of drug-likeness (QED) is 0.816. The lowest BCUT2D eigenvalue weighted by molar-refractivity contribution is -0.139. The van der Waals surface area contributed by atoms with Gasteiger partial charge in [0, 0.05) is 6.54 Å². The zero-order valence-corrected chi connectivity index (χ0v) is 10.2. The monoisotopic (exact) mass is 270 g/mol. The Labute approximate surface area is 108 Å². The number of carbonyl (C=O) groups excluding carboxylic acids is 1. The minimum absolute atomic E-state index is 0.0689. The van der Waals surface area contributed by atoms with Crippen molar-refractivity contribution < 1.29 is 23.0 Å². The van der Waals surface area contributed by atoms with Crippen LogP contribution in [0.25, 0.3) is 0 Å². The predicted octanol–water partition coefficient (Wildman–Crippen LogP) is 1.33. The molecule has 1 rings (SSSR count). The Morgan fingerprint density at radius 3 is 2.68 bits per heavy atom. The van der Waals surface area contributed by atoms with E-state index in [4.69, 9.17) is 11.0 Å². The van der Waals surface area contributed by atoms with E-state index >= 15 is 0 Å². The number of hydrogen-bond acceptors (Lipinski definition) is 5. The van der Waals surface area contributed by atoms with Gasteiger partial charge in [-0.3, -0.25) is 4.79 Å². The first-order chi connectivity index (χ1) is 9.01. The number of esters is 1. The van der Waals surface area contributed by atoms with Crippen LogP contribution in [0.15, 0.2) is 12.1 Å². The highest BCUT2D eigenvalue weighted by Crippen LogP contribution is 2.26. The number of halogens is 2. The zero-order chi connectivity index (χ0) is 14.4. The summed E-state index contributed by atoms with van der Waals surface area (Å²) >= 11 is 0. The van der Waals surface area contributed by atoms with Crippen molar-refractivity contribution in [1.29, 1.82) is 5.26 Å². The zero-order valence-electron chi connectivity index (χ0n) is 10.2. The van der Waals surface area contributed by atoms with Crippen LogP contribution in [0.4, 0.5) is 8.78 Å². The first-order valence-corrected chi connectivity index (χ1v) is 5.29. The summed E-state index contributed by atoms with van der Waals surface area (Å²) < 4.78 is 33.3. The first kappa shape index (κ1) is 14.9. The molecule has 0 aliphatic carbocycles. The van der Waals surface area contributed by atoms with Gasteiger partial charge < -0.3 is 15.2 Å². The largest absolute Gasteiger partial charge is 0.469 e. The van der Waals surface area contributed by atoms with Crippen molar-refractivity contribution >= 4 is 5.97 Å². The van der Waals surface area contributed by atoms with Crippen LogP contribution in [-0.2, 0) is 22.5 Å². The molecular formula is C12H12F2N2O3. The van der Waals surface area contributed by atoms with E-state index in [2.05, 4.69) is 9.47 Å². The van der Waals surface area contributed by atoms with Gasteiger partial charge in [-0.25, -0.2) is 0 Å². The molecule has 0 aromatic heterocycles. The summed E-state index contributed by atoms with van der Waals surface area (Å²) in [6, 6.07) is 4.49. The van der Waals surface area contributed by atoms with E-state index in [1.54, 1.807) is 6.07 Å². The Hall–Kier alpha value is -2.20. The van der Waals surface area contributed by atoms with Crippen molar-refractivity contribution in [3.05, 3.63) is 28.8 Å². The topological polar surface area (TPSA) is 85.3 Å². The molecule has 1 aromatic rings. The molecule has 0 aliphatic heterocycles. The molecular weight excluding hydrogens is 258 g/mol. The Morgan fingerprint density at radius 1 is 1.53 bits per heavy atom. The molecule has 0 unspecified atom stereocenters. The van der Waals surface area contributed by atoms with Crippen LogP contribution in [0.1, 0.15) is 16.7 Å². The fourth-order valence-corrected chi connectivity index (χ4v) is 1.54. The molecule has 7 heteroatoms. The SMILES string of the molecule is COC(=O)Cc1cc(CN)cc(OC(F)F)c1C#N. The number of methoxy groups -OCH3 is 1. The number of nitrogens with zero attached hydrogens (tertiary/aromatic N) is 1. The summed E-state index contributed by atoms with van der Waals surface area (Å²) in [5.74, 6) is -0.881. The number of alkyl halides is 2. The molecule has 19 heavy (non-hydrogen) atoms. The number of carbonyl (C=O) groups is 1. The maximum Gasteiger partial charge on any atom is 0.387 e. The number of rotatable bonds is 5. The Kier molecular flexibility index (Phi) is 5.21. The van der Waals surface area contributed by atoms with E-state index in [0.717, 1.165) is 0 Å². The summed E-state index contributed by atoms with van der Waals surface area (Å²) in [6.07, 6.45) is -0.215. The van der Waals surface area contributed by atoms with Crippen molar-refractivity contribution in [1.82, 2.24) is 0 Å². The van der Waals surface area contributed by atoms with Gasteiger partial charge >= 0.3 is 12.6 Å². The van der Waals surface area contributed by atoms with E-state index in [1.807, 2.05) is 0 Å². The van der Waals surface area contributed by atoms with Crippen LogP contribution in [0.5, 0.6) is 5.75 Å². The van der Waals surface area contributed by atoms with Gasteiger partial charge in [-0.15, -0.1) is 0 Å².